The highest BCUT2D eigenvalue weighted by molar-refractivity contribution is 8.00. The van der Waals surface area contributed by atoms with Crippen LogP contribution < -0.4 is 5.73 Å². The summed E-state index contributed by atoms with van der Waals surface area (Å²) in [5.41, 5.74) is 7.13. The van der Waals surface area contributed by atoms with Gasteiger partial charge in [0, 0.05) is 26.8 Å². The monoisotopic (exact) mass is 247 g/mol. The lowest BCUT2D eigenvalue weighted by Gasteiger charge is -2.12. The molecule has 1 heterocycles. The number of halogens is 2. The van der Waals surface area contributed by atoms with Crippen LogP contribution in [0.25, 0.3) is 0 Å². The number of rotatable bonds is 1. The van der Waals surface area contributed by atoms with Crippen molar-refractivity contribution in [1.29, 1.82) is 0 Å². The zero-order valence-corrected chi connectivity index (χ0v) is 10.1. The zero-order chi connectivity index (χ0) is 10.3. The lowest BCUT2D eigenvalue weighted by atomic mass is 10.0. The van der Waals surface area contributed by atoms with Crippen molar-refractivity contribution in [2.24, 2.45) is 5.73 Å². The smallest absolute Gasteiger partial charge is 0.0546 e. The van der Waals surface area contributed by atoms with Gasteiger partial charge in [0.05, 0.1) is 5.02 Å². The first-order valence-corrected chi connectivity index (χ1v) is 6.18. The molecule has 0 amide bonds. The van der Waals surface area contributed by atoms with Gasteiger partial charge in [-0.05, 0) is 18.6 Å². The number of fused-ring (bicyclic) bond motifs is 1. The van der Waals surface area contributed by atoms with Crippen LogP contribution in [0.15, 0.2) is 17.0 Å². The minimum absolute atomic E-state index is 0.0196. The molecule has 0 bridgehead atoms. The summed E-state index contributed by atoms with van der Waals surface area (Å²) in [6, 6.07) is 3.67. The van der Waals surface area contributed by atoms with E-state index in [1.807, 2.05) is 12.1 Å². The molecule has 1 aliphatic rings. The summed E-state index contributed by atoms with van der Waals surface area (Å²) in [5.74, 6) is 0. The van der Waals surface area contributed by atoms with E-state index in [2.05, 4.69) is 6.92 Å². The van der Waals surface area contributed by atoms with E-state index < -0.39 is 0 Å². The number of thioether (sulfide) groups is 1. The van der Waals surface area contributed by atoms with E-state index in [9.17, 15) is 0 Å². The summed E-state index contributed by atoms with van der Waals surface area (Å²) in [4.78, 5) is 1.07. The average Bonchev–Trinajstić information content (AvgIpc) is 2.51. The molecule has 1 nitrogen and oxygen atoms in total. The van der Waals surface area contributed by atoms with Gasteiger partial charge in [0.15, 0.2) is 0 Å². The molecule has 2 rings (SSSR count). The van der Waals surface area contributed by atoms with Crippen LogP contribution in [-0.4, -0.2) is 5.25 Å². The standard InChI is InChI=1S/C10H11Cl2NS/c1-2-7-9(13)8-5(11)3-4-6(12)10(8)14-7/h3-4,7,9H,2,13H2,1H3. The average molecular weight is 248 g/mol. The maximum Gasteiger partial charge on any atom is 0.0546 e. The topological polar surface area (TPSA) is 26.0 Å². The molecule has 0 aromatic heterocycles. The van der Waals surface area contributed by atoms with Gasteiger partial charge in [-0.15, -0.1) is 11.8 Å². The highest BCUT2D eigenvalue weighted by Gasteiger charge is 2.32. The highest BCUT2D eigenvalue weighted by atomic mass is 35.5. The van der Waals surface area contributed by atoms with Gasteiger partial charge < -0.3 is 5.73 Å². The van der Waals surface area contributed by atoms with Crippen molar-refractivity contribution in [3.05, 3.63) is 27.7 Å². The highest BCUT2D eigenvalue weighted by Crippen LogP contribution is 2.50. The van der Waals surface area contributed by atoms with Crippen LogP contribution in [0.4, 0.5) is 0 Å². The van der Waals surface area contributed by atoms with Gasteiger partial charge in [-0.25, -0.2) is 0 Å². The number of hydrogen-bond acceptors (Lipinski definition) is 2. The van der Waals surface area contributed by atoms with Crippen molar-refractivity contribution in [3.8, 4) is 0 Å². The molecule has 14 heavy (non-hydrogen) atoms. The molecule has 0 saturated carbocycles. The van der Waals surface area contributed by atoms with Gasteiger partial charge in [0.25, 0.3) is 0 Å². The van der Waals surface area contributed by atoms with Crippen molar-refractivity contribution < 1.29 is 0 Å². The molecule has 2 unspecified atom stereocenters. The second-order valence-corrected chi connectivity index (χ2v) is 5.43. The van der Waals surface area contributed by atoms with Gasteiger partial charge in [-0.2, -0.15) is 0 Å². The largest absolute Gasteiger partial charge is 0.323 e. The van der Waals surface area contributed by atoms with Gasteiger partial charge in [-0.1, -0.05) is 30.1 Å². The maximum atomic E-state index is 6.11. The van der Waals surface area contributed by atoms with Crippen molar-refractivity contribution >= 4 is 35.0 Å². The molecule has 1 aromatic rings. The van der Waals surface area contributed by atoms with Crippen molar-refractivity contribution in [1.82, 2.24) is 0 Å². The van der Waals surface area contributed by atoms with E-state index in [0.717, 1.165) is 26.9 Å². The summed E-state index contributed by atoms with van der Waals surface area (Å²) < 4.78 is 0. The van der Waals surface area contributed by atoms with Crippen molar-refractivity contribution in [3.63, 3.8) is 0 Å². The van der Waals surface area contributed by atoms with Crippen LogP contribution in [0.1, 0.15) is 24.9 Å². The molecular formula is C10H11Cl2NS. The fourth-order valence-electron chi connectivity index (χ4n) is 1.73. The lowest BCUT2D eigenvalue weighted by molar-refractivity contribution is 0.667. The molecular weight excluding hydrogens is 237 g/mol. The molecule has 0 fully saturated rings. The van der Waals surface area contributed by atoms with Crippen molar-refractivity contribution in [2.45, 2.75) is 29.5 Å². The van der Waals surface area contributed by atoms with E-state index in [0.29, 0.717) is 5.25 Å². The third-order valence-corrected chi connectivity index (χ3v) is 4.86. The molecule has 4 heteroatoms. The van der Waals surface area contributed by atoms with Crippen LogP contribution in [0.5, 0.6) is 0 Å². The Morgan fingerprint density at radius 3 is 2.57 bits per heavy atom. The zero-order valence-electron chi connectivity index (χ0n) is 7.76. The fourth-order valence-corrected chi connectivity index (χ4v) is 3.67. The SMILES string of the molecule is CCC1Sc2c(Cl)ccc(Cl)c2C1N. The summed E-state index contributed by atoms with van der Waals surface area (Å²) in [7, 11) is 0. The normalized spacial score (nSPS) is 25.1. The fraction of sp³-hybridized carbons (Fsp3) is 0.400. The van der Waals surface area contributed by atoms with E-state index in [1.54, 1.807) is 11.8 Å². The Kier molecular flexibility index (Phi) is 2.98. The Labute approximate surface area is 98.0 Å². The molecule has 0 spiro atoms. The van der Waals surface area contributed by atoms with Crippen LogP contribution in [0, 0.1) is 0 Å². The molecule has 2 N–H and O–H groups in total. The first-order chi connectivity index (χ1) is 6.65. The maximum absolute atomic E-state index is 6.11. The van der Waals surface area contributed by atoms with Gasteiger partial charge in [0.1, 0.15) is 0 Å². The number of benzene rings is 1. The van der Waals surface area contributed by atoms with Crippen LogP contribution in [0.2, 0.25) is 10.0 Å². The first kappa shape index (κ1) is 10.6. The van der Waals surface area contributed by atoms with E-state index >= 15 is 0 Å². The molecule has 1 aromatic carbocycles. The quantitative estimate of drug-likeness (QED) is 0.816. The summed E-state index contributed by atoms with van der Waals surface area (Å²) >= 11 is 13.9. The minimum atomic E-state index is 0.0196. The molecule has 0 saturated heterocycles. The van der Waals surface area contributed by atoms with E-state index in [-0.39, 0.29) is 6.04 Å². The minimum Gasteiger partial charge on any atom is -0.323 e. The molecule has 0 radical (unpaired) electrons. The van der Waals surface area contributed by atoms with Crippen LogP contribution >= 0.6 is 35.0 Å². The second kappa shape index (κ2) is 3.93. The number of nitrogens with two attached hydrogens (primary N) is 1. The second-order valence-electron chi connectivity index (χ2n) is 3.36. The van der Waals surface area contributed by atoms with Gasteiger partial charge >= 0.3 is 0 Å². The third-order valence-electron chi connectivity index (χ3n) is 2.50. The third kappa shape index (κ3) is 1.54. The van der Waals surface area contributed by atoms with Crippen molar-refractivity contribution in [2.75, 3.05) is 0 Å². The molecule has 1 aliphatic heterocycles. The number of hydrogen-bond donors (Lipinski definition) is 1. The predicted molar refractivity (Wildman–Crippen MR) is 63.3 cm³/mol. The Hall–Kier alpha value is 0.110. The van der Waals surface area contributed by atoms with Gasteiger partial charge in [-0.3, -0.25) is 0 Å². The Bertz CT molecular complexity index is 367. The van der Waals surface area contributed by atoms with E-state index in [1.165, 1.54) is 0 Å². The summed E-state index contributed by atoms with van der Waals surface area (Å²) in [6.45, 7) is 2.13. The summed E-state index contributed by atoms with van der Waals surface area (Å²) in [6.07, 6.45) is 1.03. The molecule has 0 aliphatic carbocycles. The first-order valence-electron chi connectivity index (χ1n) is 4.55. The molecule has 2 atom stereocenters. The van der Waals surface area contributed by atoms with Gasteiger partial charge in [0.2, 0.25) is 0 Å². The Balaban J connectivity index is 2.52. The lowest BCUT2D eigenvalue weighted by Crippen LogP contribution is -2.18. The van der Waals surface area contributed by atoms with Crippen LogP contribution in [0.3, 0.4) is 0 Å². The Morgan fingerprint density at radius 1 is 1.36 bits per heavy atom. The van der Waals surface area contributed by atoms with E-state index in [4.69, 9.17) is 28.9 Å². The predicted octanol–water partition coefficient (Wildman–Crippen LogP) is 3.88. The molecule has 76 valence electrons. The summed E-state index contributed by atoms with van der Waals surface area (Å²) in [5, 5.41) is 1.91. The van der Waals surface area contributed by atoms with Crippen LogP contribution in [-0.2, 0) is 0 Å². The Morgan fingerprint density at radius 2 is 2.00 bits per heavy atom.